The quantitative estimate of drug-likeness (QED) is 0.776. The van der Waals surface area contributed by atoms with Crippen LogP contribution in [0.2, 0.25) is 0 Å². The van der Waals surface area contributed by atoms with Gasteiger partial charge in [-0.25, -0.2) is 13.1 Å². The molecule has 0 aliphatic heterocycles. The van der Waals surface area contributed by atoms with Gasteiger partial charge >= 0.3 is 0 Å². The van der Waals surface area contributed by atoms with Crippen LogP contribution in [0.4, 0.5) is 0 Å². The minimum Gasteiger partial charge on any atom is -0.352 e. The van der Waals surface area contributed by atoms with Gasteiger partial charge in [0.15, 0.2) is 0 Å². The van der Waals surface area contributed by atoms with E-state index in [9.17, 15) is 13.2 Å². The van der Waals surface area contributed by atoms with E-state index >= 15 is 0 Å². The van der Waals surface area contributed by atoms with Crippen LogP contribution in [0.1, 0.15) is 12.0 Å². The molecule has 1 amide bonds. The van der Waals surface area contributed by atoms with E-state index in [-0.39, 0.29) is 17.3 Å². The number of amides is 1. The lowest BCUT2D eigenvalue weighted by Gasteiger charge is -2.08. The van der Waals surface area contributed by atoms with Crippen molar-refractivity contribution < 1.29 is 13.2 Å². The molecule has 0 aliphatic rings. The Kier molecular flexibility index (Phi) is 5.29. The fourth-order valence-corrected chi connectivity index (χ4v) is 2.68. The molecule has 0 saturated carbocycles. The number of aryl methyl sites for hydroxylation is 1. The number of hydrogen-bond donors (Lipinski definition) is 2. The molecule has 1 aromatic carbocycles. The second-order valence-electron chi connectivity index (χ2n) is 4.65. The summed E-state index contributed by atoms with van der Waals surface area (Å²) in [4.78, 5) is 11.9. The van der Waals surface area contributed by atoms with Crippen molar-refractivity contribution in [1.82, 2.24) is 19.8 Å². The highest BCUT2D eigenvalue weighted by atomic mass is 32.2. The molecule has 0 radical (unpaired) electrons. The standard InChI is InChI=1S/C14H18N4O3S/c1-15-22(20,21)13-5-2-4-12(10-13)11-16-14(19)6-9-18-8-3-7-17-18/h2-5,7-8,10,15H,6,9,11H2,1H3,(H,16,19). The normalized spacial score (nSPS) is 11.3. The van der Waals surface area contributed by atoms with Gasteiger partial charge in [-0.1, -0.05) is 12.1 Å². The molecule has 118 valence electrons. The molecule has 1 aromatic heterocycles. The molecule has 0 bridgehead atoms. The van der Waals surface area contributed by atoms with Gasteiger partial charge in [0.05, 0.1) is 4.90 Å². The third-order valence-electron chi connectivity index (χ3n) is 3.09. The molecule has 0 aliphatic carbocycles. The van der Waals surface area contributed by atoms with Crippen LogP contribution < -0.4 is 10.0 Å². The van der Waals surface area contributed by atoms with Crippen LogP contribution in [0.25, 0.3) is 0 Å². The van der Waals surface area contributed by atoms with Crippen LogP contribution in [0.15, 0.2) is 47.6 Å². The second kappa shape index (κ2) is 7.19. The van der Waals surface area contributed by atoms with Crippen molar-refractivity contribution in [2.24, 2.45) is 0 Å². The van der Waals surface area contributed by atoms with Crippen LogP contribution in [-0.2, 0) is 27.9 Å². The minimum atomic E-state index is -3.47. The monoisotopic (exact) mass is 322 g/mol. The number of rotatable bonds is 7. The van der Waals surface area contributed by atoms with E-state index < -0.39 is 10.0 Å². The Morgan fingerprint density at radius 3 is 2.82 bits per heavy atom. The molecule has 8 heteroatoms. The van der Waals surface area contributed by atoms with Gasteiger partial charge in [0.25, 0.3) is 0 Å². The van der Waals surface area contributed by atoms with Crippen LogP contribution in [-0.4, -0.2) is 31.2 Å². The summed E-state index contributed by atoms with van der Waals surface area (Å²) < 4.78 is 27.4. The first-order valence-electron chi connectivity index (χ1n) is 6.78. The highest BCUT2D eigenvalue weighted by molar-refractivity contribution is 7.89. The number of benzene rings is 1. The summed E-state index contributed by atoms with van der Waals surface area (Å²) in [5, 5.41) is 6.78. The van der Waals surface area contributed by atoms with Crippen molar-refractivity contribution in [1.29, 1.82) is 0 Å². The van der Waals surface area contributed by atoms with Crippen molar-refractivity contribution in [2.75, 3.05) is 7.05 Å². The molecule has 0 atom stereocenters. The highest BCUT2D eigenvalue weighted by Crippen LogP contribution is 2.11. The molecule has 2 N–H and O–H groups in total. The lowest BCUT2D eigenvalue weighted by molar-refractivity contribution is -0.121. The maximum Gasteiger partial charge on any atom is 0.240 e. The Hall–Kier alpha value is -2.19. The summed E-state index contributed by atoms with van der Waals surface area (Å²) in [6.45, 7) is 0.790. The Bertz CT molecular complexity index is 726. The zero-order chi connectivity index (χ0) is 16.0. The number of hydrogen-bond acceptors (Lipinski definition) is 4. The fraction of sp³-hybridized carbons (Fsp3) is 0.286. The SMILES string of the molecule is CNS(=O)(=O)c1cccc(CNC(=O)CCn2cccn2)c1. The van der Waals surface area contributed by atoms with Crippen molar-refractivity contribution in [3.63, 3.8) is 0 Å². The summed E-state index contributed by atoms with van der Waals surface area (Å²) in [5.74, 6) is -0.114. The Morgan fingerprint density at radius 2 is 2.14 bits per heavy atom. The van der Waals surface area contributed by atoms with Crippen LogP contribution in [0.5, 0.6) is 0 Å². The fourth-order valence-electron chi connectivity index (χ4n) is 1.88. The van der Waals surface area contributed by atoms with Gasteiger partial charge in [-0.05, 0) is 30.8 Å². The lowest BCUT2D eigenvalue weighted by atomic mass is 10.2. The molecule has 0 spiro atoms. The summed E-state index contributed by atoms with van der Waals surface area (Å²) >= 11 is 0. The molecule has 7 nitrogen and oxygen atoms in total. The third-order valence-corrected chi connectivity index (χ3v) is 4.51. The topological polar surface area (TPSA) is 93.1 Å². The van der Waals surface area contributed by atoms with Gasteiger partial charge in [-0.2, -0.15) is 5.10 Å². The summed E-state index contributed by atoms with van der Waals surface area (Å²) in [6, 6.07) is 8.26. The molecule has 2 aromatic rings. The number of carbonyl (C=O) groups excluding carboxylic acids is 1. The van der Waals surface area contributed by atoms with E-state index in [0.717, 1.165) is 5.56 Å². The van der Waals surface area contributed by atoms with E-state index in [4.69, 9.17) is 0 Å². The second-order valence-corrected chi connectivity index (χ2v) is 6.54. The van der Waals surface area contributed by atoms with Crippen molar-refractivity contribution in [3.8, 4) is 0 Å². The van der Waals surface area contributed by atoms with E-state index in [2.05, 4.69) is 15.1 Å². The maximum atomic E-state index is 11.8. The summed E-state index contributed by atoms with van der Waals surface area (Å²) in [7, 11) is -2.11. The number of nitrogens with one attached hydrogen (secondary N) is 2. The lowest BCUT2D eigenvalue weighted by Crippen LogP contribution is -2.24. The van der Waals surface area contributed by atoms with Crippen molar-refractivity contribution in [3.05, 3.63) is 48.3 Å². The van der Waals surface area contributed by atoms with Crippen LogP contribution in [0, 0.1) is 0 Å². The molecule has 22 heavy (non-hydrogen) atoms. The van der Waals surface area contributed by atoms with Gasteiger partial charge in [0.2, 0.25) is 15.9 Å². The first-order chi connectivity index (χ1) is 10.5. The highest BCUT2D eigenvalue weighted by Gasteiger charge is 2.11. The Morgan fingerprint density at radius 1 is 1.32 bits per heavy atom. The molecular weight excluding hydrogens is 304 g/mol. The first kappa shape index (κ1) is 16.2. The molecule has 0 unspecified atom stereocenters. The number of aromatic nitrogens is 2. The third kappa shape index (κ3) is 4.40. The average molecular weight is 322 g/mol. The summed E-state index contributed by atoms with van der Waals surface area (Å²) in [5.41, 5.74) is 0.726. The molecule has 2 rings (SSSR count). The Labute approximate surface area is 129 Å². The number of sulfonamides is 1. The van der Waals surface area contributed by atoms with E-state index in [1.165, 1.54) is 13.1 Å². The van der Waals surface area contributed by atoms with E-state index in [1.807, 2.05) is 0 Å². The predicted octanol–water partition coefficient (Wildman–Crippen LogP) is 0.498. The van der Waals surface area contributed by atoms with Gasteiger partial charge < -0.3 is 5.32 Å². The van der Waals surface area contributed by atoms with Crippen molar-refractivity contribution >= 4 is 15.9 Å². The van der Waals surface area contributed by atoms with Gasteiger partial charge in [0.1, 0.15) is 0 Å². The molecular formula is C14H18N4O3S. The molecule has 0 saturated heterocycles. The smallest absolute Gasteiger partial charge is 0.240 e. The van der Waals surface area contributed by atoms with Gasteiger partial charge in [-0.15, -0.1) is 0 Å². The van der Waals surface area contributed by atoms with Crippen LogP contribution >= 0.6 is 0 Å². The maximum absolute atomic E-state index is 11.8. The van der Waals surface area contributed by atoms with Crippen LogP contribution in [0.3, 0.4) is 0 Å². The largest absolute Gasteiger partial charge is 0.352 e. The average Bonchev–Trinajstić information content (AvgIpc) is 3.04. The molecule has 1 heterocycles. The first-order valence-corrected chi connectivity index (χ1v) is 8.26. The van der Waals surface area contributed by atoms with Crippen molar-refractivity contribution in [2.45, 2.75) is 24.4 Å². The van der Waals surface area contributed by atoms with E-state index in [1.54, 1.807) is 41.3 Å². The zero-order valence-electron chi connectivity index (χ0n) is 12.2. The number of carbonyl (C=O) groups is 1. The summed E-state index contributed by atoms with van der Waals surface area (Å²) in [6.07, 6.45) is 3.77. The Balaban J connectivity index is 1.89. The van der Waals surface area contributed by atoms with E-state index in [0.29, 0.717) is 13.0 Å². The number of nitrogens with zero attached hydrogens (tertiary/aromatic N) is 2. The molecule has 0 fully saturated rings. The zero-order valence-corrected chi connectivity index (χ0v) is 13.0. The van der Waals surface area contributed by atoms with Gasteiger partial charge in [0, 0.05) is 31.9 Å². The predicted molar refractivity (Wildman–Crippen MR) is 81.4 cm³/mol. The minimum absolute atomic E-state index is 0.114. The van der Waals surface area contributed by atoms with Gasteiger partial charge in [-0.3, -0.25) is 9.48 Å².